The predicted molar refractivity (Wildman–Crippen MR) is 124 cm³/mol. The second-order valence-corrected chi connectivity index (χ2v) is 10.1. The molecule has 9 nitrogen and oxygen atoms in total. The van der Waals surface area contributed by atoms with Crippen LogP contribution in [0.2, 0.25) is 0 Å². The highest BCUT2D eigenvalue weighted by molar-refractivity contribution is 8.27. The molecule has 1 amide bonds. The van der Waals surface area contributed by atoms with Crippen LogP contribution in [-0.4, -0.2) is 31.4 Å². The smallest absolute Gasteiger partial charge is 0.412 e. The van der Waals surface area contributed by atoms with Crippen molar-refractivity contribution in [2.24, 2.45) is 10.4 Å². The van der Waals surface area contributed by atoms with Gasteiger partial charge in [-0.3, -0.25) is 5.32 Å². The maximum atomic E-state index is 12.2. The summed E-state index contributed by atoms with van der Waals surface area (Å²) in [6, 6.07) is 9.37. The molecular weight excluding hydrogens is 464 g/mol. The number of aromatic nitrogens is 2. The van der Waals surface area contributed by atoms with Gasteiger partial charge in [0.25, 0.3) is 0 Å². The van der Waals surface area contributed by atoms with Crippen LogP contribution in [-0.2, 0) is 11.3 Å². The molecule has 1 spiro atoms. The number of aliphatic imine (C=N–C) groups is 1. The Morgan fingerprint density at radius 3 is 2.94 bits per heavy atom. The minimum atomic E-state index is -0.763. The lowest BCUT2D eigenvalue weighted by Crippen LogP contribution is -2.38. The van der Waals surface area contributed by atoms with Crippen LogP contribution in [0.3, 0.4) is 0 Å². The van der Waals surface area contributed by atoms with Crippen LogP contribution in [0, 0.1) is 24.2 Å². The number of benzene rings is 1. The van der Waals surface area contributed by atoms with Gasteiger partial charge in [0.05, 0.1) is 16.2 Å². The van der Waals surface area contributed by atoms with Crippen LogP contribution in [0.4, 0.5) is 16.3 Å². The Balaban J connectivity index is 1.18. The van der Waals surface area contributed by atoms with E-state index in [-0.39, 0.29) is 17.8 Å². The third-order valence-corrected chi connectivity index (χ3v) is 8.30. The number of fused-ring (bicyclic) bond motifs is 3. The number of amides is 1. The maximum Gasteiger partial charge on any atom is 0.412 e. The molecule has 0 saturated heterocycles. The van der Waals surface area contributed by atoms with Crippen LogP contribution in [0.1, 0.15) is 34.9 Å². The number of carbonyl (C=O) groups is 1. The Kier molecular flexibility index (Phi) is 4.62. The van der Waals surface area contributed by atoms with E-state index in [0.717, 1.165) is 23.4 Å². The molecule has 1 atom stereocenters. The summed E-state index contributed by atoms with van der Waals surface area (Å²) in [5.74, 6) is 6.45. The highest BCUT2D eigenvalue weighted by Crippen LogP contribution is 2.64. The summed E-state index contributed by atoms with van der Waals surface area (Å²) >= 11 is 1.24. The van der Waals surface area contributed by atoms with Crippen molar-refractivity contribution in [1.82, 2.24) is 10.1 Å². The third-order valence-electron chi connectivity index (χ3n) is 5.45. The van der Waals surface area contributed by atoms with Crippen molar-refractivity contribution < 1.29 is 23.3 Å². The first-order valence-electron chi connectivity index (χ1n) is 10.1. The van der Waals surface area contributed by atoms with Gasteiger partial charge in [-0.15, -0.1) is 0 Å². The van der Waals surface area contributed by atoms with Gasteiger partial charge in [0, 0.05) is 0 Å². The standard InChI is InChI=1S/C22H16N4O5S2/c1-12-16(24-21(28)29-11-13-5-3-2-4-6-13)14(30-26-12)7-8-15-23-17-18(32-15)31-33-19(25-17)22(9-10-22)20(33)27/h2-6,27H,9-11H2,1H3,(H,24,28). The molecule has 0 bridgehead atoms. The third kappa shape index (κ3) is 3.43. The van der Waals surface area contributed by atoms with Gasteiger partial charge >= 0.3 is 6.09 Å². The number of anilines is 1. The largest absolute Gasteiger partial charge is 0.444 e. The van der Waals surface area contributed by atoms with Crippen LogP contribution >= 0.6 is 22.1 Å². The lowest BCUT2D eigenvalue weighted by molar-refractivity contribution is 0.155. The van der Waals surface area contributed by atoms with Crippen molar-refractivity contribution in [3.8, 4) is 16.9 Å². The monoisotopic (exact) mass is 480 g/mol. The molecule has 1 saturated carbocycles. The molecule has 1 aliphatic carbocycles. The fraction of sp³-hybridized carbons (Fsp3) is 0.227. The maximum absolute atomic E-state index is 12.2. The molecule has 2 N–H and O–H groups in total. The molecule has 11 heteroatoms. The molecule has 3 aromatic rings. The molecule has 1 fully saturated rings. The minimum absolute atomic E-state index is 0.140. The molecule has 2 aromatic heterocycles. The van der Waals surface area contributed by atoms with E-state index in [4.69, 9.17) is 13.4 Å². The molecule has 1 aromatic carbocycles. The van der Waals surface area contributed by atoms with Crippen molar-refractivity contribution >= 4 is 49.8 Å². The first-order chi connectivity index (χ1) is 16.0. The number of rotatable bonds is 3. The van der Waals surface area contributed by atoms with Gasteiger partial charge in [0.1, 0.15) is 28.1 Å². The van der Waals surface area contributed by atoms with Gasteiger partial charge in [0.2, 0.25) is 16.6 Å². The number of hydrogen-bond donors (Lipinski definition) is 2. The summed E-state index contributed by atoms with van der Waals surface area (Å²) in [6.07, 6.45) is 1.18. The number of aliphatic hydroxyl groups excluding tert-OH is 1. The zero-order chi connectivity index (χ0) is 22.6. The molecule has 166 valence electrons. The van der Waals surface area contributed by atoms with E-state index in [1.54, 1.807) is 6.92 Å². The number of hydrogen-bond acceptors (Lipinski definition) is 8. The Bertz CT molecular complexity index is 1420. The molecular formula is C22H16N4O5S2. The van der Waals surface area contributed by atoms with E-state index < -0.39 is 16.9 Å². The van der Waals surface area contributed by atoms with E-state index >= 15 is 0 Å². The Morgan fingerprint density at radius 1 is 1.33 bits per heavy atom. The van der Waals surface area contributed by atoms with Crippen LogP contribution in [0.25, 0.3) is 0 Å². The summed E-state index contributed by atoms with van der Waals surface area (Å²) in [5.41, 5.74) is 1.43. The highest BCUT2D eigenvalue weighted by atomic mass is 32.2. The van der Waals surface area contributed by atoms with Gasteiger partial charge < -0.3 is 18.5 Å². The van der Waals surface area contributed by atoms with Crippen molar-refractivity contribution in [3.05, 3.63) is 52.4 Å². The van der Waals surface area contributed by atoms with Gasteiger partial charge in [-0.25, -0.2) is 14.8 Å². The molecule has 6 rings (SSSR count). The summed E-state index contributed by atoms with van der Waals surface area (Å²) in [7, 11) is -0.763. The van der Waals surface area contributed by atoms with E-state index in [0.29, 0.717) is 32.3 Å². The van der Waals surface area contributed by atoms with E-state index in [1.807, 2.05) is 30.3 Å². The van der Waals surface area contributed by atoms with Gasteiger partial charge in [-0.1, -0.05) is 46.8 Å². The lowest BCUT2D eigenvalue weighted by Gasteiger charge is -2.33. The summed E-state index contributed by atoms with van der Waals surface area (Å²) in [5, 5.41) is 19.0. The van der Waals surface area contributed by atoms with E-state index in [9.17, 15) is 9.90 Å². The summed E-state index contributed by atoms with van der Waals surface area (Å²) < 4.78 is 16.4. The first-order valence-corrected chi connectivity index (χ1v) is 12.1. The van der Waals surface area contributed by atoms with Crippen LogP contribution in [0.15, 0.2) is 39.8 Å². The lowest BCUT2D eigenvalue weighted by atomic mass is 10.1. The Hall–Kier alpha value is -3.46. The molecule has 1 unspecified atom stereocenters. The molecule has 2 aliphatic heterocycles. The molecule has 33 heavy (non-hydrogen) atoms. The summed E-state index contributed by atoms with van der Waals surface area (Å²) in [6.45, 7) is 1.84. The van der Waals surface area contributed by atoms with Crippen molar-refractivity contribution in [2.75, 3.05) is 5.32 Å². The highest BCUT2D eigenvalue weighted by Gasteiger charge is 2.62. The van der Waals surface area contributed by atoms with Crippen molar-refractivity contribution in [3.63, 3.8) is 0 Å². The fourth-order valence-corrected chi connectivity index (χ4v) is 6.32. The number of ether oxygens (including phenoxy) is 1. The van der Waals surface area contributed by atoms with Crippen LogP contribution in [0.5, 0.6) is 5.06 Å². The van der Waals surface area contributed by atoms with Gasteiger partial charge in [0.15, 0.2) is 5.01 Å². The number of aryl methyl sites for hydroxylation is 1. The van der Waals surface area contributed by atoms with Gasteiger partial charge in [-0.05, 0) is 37.2 Å². The van der Waals surface area contributed by atoms with Crippen molar-refractivity contribution in [1.29, 1.82) is 0 Å². The zero-order valence-electron chi connectivity index (χ0n) is 17.2. The number of nitrogens with one attached hydrogen (secondary N) is 1. The second kappa shape index (κ2) is 7.55. The average Bonchev–Trinajstić information content (AvgIpc) is 3.48. The molecule has 0 radical (unpaired) electrons. The van der Waals surface area contributed by atoms with Gasteiger partial charge in [-0.2, -0.15) is 0 Å². The predicted octanol–water partition coefficient (Wildman–Crippen LogP) is 4.68. The number of nitrogens with zero attached hydrogens (tertiary/aromatic N) is 3. The van der Waals surface area contributed by atoms with Crippen molar-refractivity contribution in [2.45, 2.75) is 26.4 Å². The topological polar surface area (TPSA) is 119 Å². The number of thiazole rings is 1. The number of aliphatic hydroxyl groups is 1. The van der Waals surface area contributed by atoms with E-state index in [2.05, 4.69) is 32.3 Å². The molecule has 3 aliphatic rings. The minimum Gasteiger partial charge on any atom is -0.444 e. The quantitative estimate of drug-likeness (QED) is 0.413. The second-order valence-electron chi connectivity index (χ2n) is 7.70. The fourth-order valence-electron chi connectivity index (χ4n) is 3.49. The normalized spacial score (nSPS) is 18.7. The first kappa shape index (κ1) is 20.2. The van der Waals surface area contributed by atoms with E-state index in [1.165, 1.54) is 11.3 Å². The van der Waals surface area contributed by atoms with Crippen LogP contribution < -0.4 is 9.50 Å². The molecule has 4 heterocycles. The Labute approximate surface area is 194 Å². The number of carbonyl (C=O) groups excluding carboxylic acids is 1. The zero-order valence-corrected chi connectivity index (χ0v) is 18.9. The SMILES string of the molecule is Cc1noc(C#Cc2nc3c(s2)OS2=C(O)C4(CC4)C2=N3)c1NC(=O)OCc1ccccc1. The Morgan fingerprint density at radius 2 is 2.15 bits per heavy atom. The average molecular weight is 481 g/mol. The summed E-state index contributed by atoms with van der Waals surface area (Å²) in [4.78, 5) is 21.3.